The molecule has 0 radical (unpaired) electrons. The molecule has 0 fully saturated rings. The van der Waals surface area contributed by atoms with Gasteiger partial charge in [-0.3, -0.25) is 0 Å². The second-order valence-corrected chi connectivity index (χ2v) is 6.38. The number of fused-ring (bicyclic) bond motifs is 1. The summed E-state index contributed by atoms with van der Waals surface area (Å²) in [6.45, 7) is 1.81. The maximum Gasteiger partial charge on any atom is 0.0580 e. The number of nitrogens with zero attached hydrogens (tertiary/aromatic N) is 1. The summed E-state index contributed by atoms with van der Waals surface area (Å²) in [6, 6.07) is 10.8. The van der Waals surface area contributed by atoms with Crippen molar-refractivity contribution in [1.82, 2.24) is 9.88 Å². The van der Waals surface area contributed by atoms with E-state index in [0.717, 1.165) is 13.1 Å². The number of hydrogen-bond donors (Lipinski definition) is 1. The molecular weight excluding hydrogens is 320 g/mol. The number of rotatable bonds is 4. The number of aromatic nitrogens is 1. The van der Waals surface area contributed by atoms with Crippen molar-refractivity contribution in [2.75, 3.05) is 7.05 Å². The number of para-hydroxylation sites is 1. The second-order valence-electron chi connectivity index (χ2n) is 4.52. The van der Waals surface area contributed by atoms with Crippen molar-refractivity contribution < 1.29 is 0 Å². The van der Waals surface area contributed by atoms with E-state index in [-0.39, 0.29) is 0 Å². The molecule has 0 spiro atoms. The summed E-state index contributed by atoms with van der Waals surface area (Å²) in [7, 11) is 1.99. The summed E-state index contributed by atoms with van der Waals surface area (Å²) in [5.41, 5.74) is 2.68. The monoisotopic (exact) mass is 334 g/mol. The van der Waals surface area contributed by atoms with Gasteiger partial charge in [-0.1, -0.05) is 18.2 Å². The SMILES string of the molecule is CNCc1cccc2ccn(Cc3sccc3Br)c12. The first-order valence-corrected chi connectivity index (χ1v) is 7.90. The average Bonchev–Trinajstić information content (AvgIpc) is 2.99. The minimum atomic E-state index is 0.896. The number of nitrogens with one attached hydrogen (secondary N) is 1. The minimum absolute atomic E-state index is 0.896. The lowest BCUT2D eigenvalue weighted by atomic mass is 10.1. The molecule has 0 saturated carbocycles. The molecule has 0 saturated heterocycles. The van der Waals surface area contributed by atoms with Gasteiger partial charge in [-0.25, -0.2) is 0 Å². The van der Waals surface area contributed by atoms with E-state index in [2.05, 4.69) is 67.7 Å². The van der Waals surface area contributed by atoms with Crippen molar-refractivity contribution in [3.63, 3.8) is 0 Å². The Labute approximate surface area is 125 Å². The molecule has 2 heterocycles. The van der Waals surface area contributed by atoms with Crippen LogP contribution in [-0.4, -0.2) is 11.6 Å². The molecule has 0 amide bonds. The third kappa shape index (κ3) is 2.48. The van der Waals surface area contributed by atoms with E-state index in [1.54, 1.807) is 11.3 Å². The van der Waals surface area contributed by atoms with Crippen LogP contribution in [0.4, 0.5) is 0 Å². The first kappa shape index (κ1) is 12.9. The molecule has 0 aliphatic heterocycles. The Morgan fingerprint density at radius 1 is 1.26 bits per heavy atom. The summed E-state index contributed by atoms with van der Waals surface area (Å²) in [6.07, 6.45) is 2.18. The summed E-state index contributed by atoms with van der Waals surface area (Å²) in [5, 5.41) is 6.67. The third-order valence-electron chi connectivity index (χ3n) is 3.24. The van der Waals surface area contributed by atoms with E-state index in [1.165, 1.54) is 25.8 Å². The first-order valence-electron chi connectivity index (χ1n) is 6.23. The maximum absolute atomic E-state index is 3.61. The molecule has 3 rings (SSSR count). The zero-order valence-electron chi connectivity index (χ0n) is 10.7. The van der Waals surface area contributed by atoms with Gasteiger partial charge < -0.3 is 9.88 Å². The predicted molar refractivity (Wildman–Crippen MR) is 85.8 cm³/mol. The van der Waals surface area contributed by atoms with Crippen molar-refractivity contribution in [2.24, 2.45) is 0 Å². The lowest BCUT2D eigenvalue weighted by molar-refractivity contribution is 0.800. The fraction of sp³-hybridized carbons (Fsp3) is 0.200. The molecule has 19 heavy (non-hydrogen) atoms. The molecule has 0 aliphatic rings. The van der Waals surface area contributed by atoms with Gasteiger partial charge in [0.2, 0.25) is 0 Å². The van der Waals surface area contributed by atoms with Crippen LogP contribution in [0.2, 0.25) is 0 Å². The Hall–Kier alpha value is -1.10. The third-order valence-corrected chi connectivity index (χ3v) is 5.16. The van der Waals surface area contributed by atoms with Crippen molar-refractivity contribution in [3.05, 3.63) is 56.8 Å². The second kappa shape index (κ2) is 5.49. The minimum Gasteiger partial charge on any atom is -0.342 e. The molecule has 2 aromatic heterocycles. The van der Waals surface area contributed by atoms with Crippen molar-refractivity contribution in [1.29, 1.82) is 0 Å². The molecular formula is C15H15BrN2S. The van der Waals surface area contributed by atoms with Crippen LogP contribution in [0.1, 0.15) is 10.4 Å². The van der Waals surface area contributed by atoms with Crippen LogP contribution in [0.25, 0.3) is 10.9 Å². The van der Waals surface area contributed by atoms with Crippen LogP contribution in [-0.2, 0) is 13.1 Å². The highest BCUT2D eigenvalue weighted by molar-refractivity contribution is 9.10. The standard InChI is InChI=1S/C15H15BrN2S/c1-17-9-12-4-2-3-11-5-7-18(15(11)12)10-14-13(16)6-8-19-14/h2-8,17H,9-10H2,1H3. The van der Waals surface area contributed by atoms with Crippen LogP contribution in [0.15, 0.2) is 46.4 Å². The summed E-state index contributed by atoms with van der Waals surface area (Å²) in [4.78, 5) is 1.36. The van der Waals surface area contributed by atoms with E-state index in [9.17, 15) is 0 Å². The van der Waals surface area contributed by atoms with E-state index in [0.29, 0.717) is 0 Å². The van der Waals surface area contributed by atoms with Crippen LogP contribution in [0.3, 0.4) is 0 Å². The van der Waals surface area contributed by atoms with E-state index in [1.807, 2.05) is 7.05 Å². The fourth-order valence-electron chi connectivity index (χ4n) is 2.40. The lowest BCUT2D eigenvalue weighted by Crippen LogP contribution is -2.07. The molecule has 1 aromatic carbocycles. The summed E-state index contributed by atoms with van der Waals surface area (Å²) < 4.78 is 3.53. The van der Waals surface area contributed by atoms with Gasteiger partial charge in [0.15, 0.2) is 0 Å². The molecule has 0 unspecified atom stereocenters. The molecule has 1 N–H and O–H groups in total. The summed E-state index contributed by atoms with van der Waals surface area (Å²) >= 11 is 5.40. The largest absolute Gasteiger partial charge is 0.342 e. The molecule has 2 nitrogen and oxygen atoms in total. The fourth-order valence-corrected chi connectivity index (χ4v) is 3.87. The Bertz CT molecular complexity index is 699. The Morgan fingerprint density at radius 2 is 2.16 bits per heavy atom. The molecule has 98 valence electrons. The van der Waals surface area contributed by atoms with Gasteiger partial charge >= 0.3 is 0 Å². The topological polar surface area (TPSA) is 17.0 Å². The van der Waals surface area contributed by atoms with Crippen molar-refractivity contribution in [3.8, 4) is 0 Å². The van der Waals surface area contributed by atoms with Gasteiger partial charge in [0.05, 0.1) is 12.1 Å². The van der Waals surface area contributed by atoms with E-state index < -0.39 is 0 Å². The highest BCUT2D eigenvalue weighted by Crippen LogP contribution is 2.27. The van der Waals surface area contributed by atoms with Gasteiger partial charge in [-0.15, -0.1) is 11.3 Å². The smallest absolute Gasteiger partial charge is 0.0580 e. The molecule has 0 atom stereocenters. The lowest BCUT2D eigenvalue weighted by Gasteiger charge is -2.09. The highest BCUT2D eigenvalue weighted by atomic mass is 79.9. The Balaban J connectivity index is 2.06. The van der Waals surface area contributed by atoms with Gasteiger partial charge in [0.25, 0.3) is 0 Å². The zero-order valence-corrected chi connectivity index (χ0v) is 13.1. The Kier molecular flexibility index (Phi) is 3.73. The number of thiophene rings is 1. The normalized spacial score (nSPS) is 11.3. The molecule has 4 heteroatoms. The summed E-state index contributed by atoms with van der Waals surface area (Å²) in [5.74, 6) is 0. The molecule has 0 aliphatic carbocycles. The molecule has 3 aromatic rings. The van der Waals surface area contributed by atoms with E-state index in [4.69, 9.17) is 0 Å². The average molecular weight is 335 g/mol. The maximum atomic E-state index is 3.61. The van der Waals surface area contributed by atoms with Crippen LogP contribution >= 0.6 is 27.3 Å². The number of hydrogen-bond acceptors (Lipinski definition) is 2. The van der Waals surface area contributed by atoms with Gasteiger partial charge in [0, 0.05) is 22.1 Å². The van der Waals surface area contributed by atoms with Crippen LogP contribution in [0, 0.1) is 0 Å². The molecule has 0 bridgehead atoms. The van der Waals surface area contributed by atoms with Crippen LogP contribution in [0.5, 0.6) is 0 Å². The predicted octanol–water partition coefficient (Wildman–Crippen LogP) is 4.23. The zero-order chi connectivity index (χ0) is 13.2. The van der Waals surface area contributed by atoms with Crippen molar-refractivity contribution >= 4 is 38.2 Å². The quantitative estimate of drug-likeness (QED) is 0.755. The van der Waals surface area contributed by atoms with Crippen LogP contribution < -0.4 is 5.32 Å². The first-order chi connectivity index (χ1) is 9.29. The van der Waals surface area contributed by atoms with Gasteiger partial charge in [-0.2, -0.15) is 0 Å². The van der Waals surface area contributed by atoms with Gasteiger partial charge in [-0.05, 0) is 51.4 Å². The highest BCUT2D eigenvalue weighted by Gasteiger charge is 2.08. The number of halogens is 1. The Morgan fingerprint density at radius 3 is 2.89 bits per heavy atom. The van der Waals surface area contributed by atoms with Crippen molar-refractivity contribution in [2.45, 2.75) is 13.1 Å². The number of benzene rings is 1. The van der Waals surface area contributed by atoms with E-state index >= 15 is 0 Å². The van der Waals surface area contributed by atoms with Gasteiger partial charge in [0.1, 0.15) is 0 Å².